The van der Waals surface area contributed by atoms with Gasteiger partial charge in [0.1, 0.15) is 0 Å². The SMILES string of the molecule is Cc1ccc(CNC2(CCO)CCC2)s1. The fourth-order valence-electron chi connectivity index (χ4n) is 2.19. The third kappa shape index (κ3) is 2.60. The third-order valence-electron chi connectivity index (χ3n) is 3.33. The van der Waals surface area contributed by atoms with Crippen LogP contribution in [0.25, 0.3) is 0 Å². The maximum atomic E-state index is 9.03. The zero-order valence-electron chi connectivity index (χ0n) is 9.25. The van der Waals surface area contributed by atoms with Crippen molar-refractivity contribution < 1.29 is 5.11 Å². The van der Waals surface area contributed by atoms with Gasteiger partial charge in [0.2, 0.25) is 0 Å². The first-order valence-electron chi connectivity index (χ1n) is 5.65. The summed E-state index contributed by atoms with van der Waals surface area (Å²) >= 11 is 1.86. The second-order valence-electron chi connectivity index (χ2n) is 4.47. The highest BCUT2D eigenvalue weighted by atomic mass is 32.1. The summed E-state index contributed by atoms with van der Waals surface area (Å²) in [4.78, 5) is 2.77. The molecule has 15 heavy (non-hydrogen) atoms. The largest absolute Gasteiger partial charge is 0.396 e. The smallest absolute Gasteiger partial charge is 0.0448 e. The lowest BCUT2D eigenvalue weighted by Gasteiger charge is -2.42. The van der Waals surface area contributed by atoms with Crippen LogP contribution in [-0.4, -0.2) is 17.3 Å². The molecule has 1 aromatic rings. The molecule has 1 fully saturated rings. The molecule has 0 saturated heterocycles. The highest BCUT2D eigenvalue weighted by Crippen LogP contribution is 2.35. The number of aliphatic hydroxyl groups is 1. The Balaban J connectivity index is 1.86. The quantitative estimate of drug-likeness (QED) is 0.807. The minimum atomic E-state index is 0.243. The van der Waals surface area contributed by atoms with Crippen LogP contribution < -0.4 is 5.32 Å². The topological polar surface area (TPSA) is 32.3 Å². The Kier molecular flexibility index (Phi) is 3.44. The highest BCUT2D eigenvalue weighted by molar-refractivity contribution is 7.11. The van der Waals surface area contributed by atoms with Gasteiger partial charge < -0.3 is 10.4 Å². The number of aryl methyl sites for hydroxylation is 1. The van der Waals surface area contributed by atoms with E-state index in [-0.39, 0.29) is 5.54 Å². The van der Waals surface area contributed by atoms with E-state index in [1.54, 1.807) is 0 Å². The molecule has 0 aliphatic heterocycles. The van der Waals surface area contributed by atoms with E-state index in [2.05, 4.69) is 24.4 Å². The monoisotopic (exact) mass is 225 g/mol. The van der Waals surface area contributed by atoms with Gasteiger partial charge in [-0.25, -0.2) is 0 Å². The number of nitrogens with one attached hydrogen (secondary N) is 1. The van der Waals surface area contributed by atoms with E-state index in [9.17, 15) is 0 Å². The van der Waals surface area contributed by atoms with Crippen molar-refractivity contribution in [3.8, 4) is 0 Å². The van der Waals surface area contributed by atoms with Crippen molar-refractivity contribution in [2.45, 2.75) is 44.7 Å². The van der Waals surface area contributed by atoms with Crippen molar-refractivity contribution in [3.63, 3.8) is 0 Å². The van der Waals surface area contributed by atoms with Crippen LogP contribution in [0.15, 0.2) is 12.1 Å². The van der Waals surface area contributed by atoms with Gasteiger partial charge in [0.25, 0.3) is 0 Å². The Labute approximate surface area is 95.3 Å². The number of aliphatic hydroxyl groups excluding tert-OH is 1. The average Bonchev–Trinajstić information content (AvgIpc) is 2.56. The molecule has 1 aliphatic carbocycles. The Morgan fingerprint density at radius 1 is 1.47 bits per heavy atom. The zero-order valence-corrected chi connectivity index (χ0v) is 10.1. The van der Waals surface area contributed by atoms with Crippen molar-refractivity contribution in [3.05, 3.63) is 21.9 Å². The molecule has 2 N–H and O–H groups in total. The summed E-state index contributed by atoms with van der Waals surface area (Å²) in [6.07, 6.45) is 4.64. The summed E-state index contributed by atoms with van der Waals surface area (Å²) in [6, 6.07) is 4.36. The van der Waals surface area contributed by atoms with E-state index in [4.69, 9.17) is 5.11 Å². The van der Waals surface area contributed by atoms with Gasteiger partial charge in [-0.2, -0.15) is 0 Å². The van der Waals surface area contributed by atoms with Gasteiger partial charge in [0.15, 0.2) is 0 Å². The molecule has 0 unspecified atom stereocenters. The molecular weight excluding hydrogens is 206 g/mol. The van der Waals surface area contributed by atoms with Crippen LogP contribution >= 0.6 is 11.3 Å². The molecule has 1 aliphatic rings. The molecular formula is C12H19NOS. The molecule has 0 spiro atoms. The van der Waals surface area contributed by atoms with E-state index >= 15 is 0 Å². The number of rotatable bonds is 5. The highest BCUT2D eigenvalue weighted by Gasteiger charge is 2.35. The van der Waals surface area contributed by atoms with Gasteiger partial charge in [0.05, 0.1) is 0 Å². The van der Waals surface area contributed by atoms with Gasteiger partial charge in [-0.1, -0.05) is 0 Å². The summed E-state index contributed by atoms with van der Waals surface area (Å²) in [5.41, 5.74) is 0.243. The number of hydrogen-bond acceptors (Lipinski definition) is 3. The van der Waals surface area contributed by atoms with Crippen molar-refractivity contribution in [2.75, 3.05) is 6.61 Å². The first-order chi connectivity index (χ1) is 7.24. The van der Waals surface area contributed by atoms with Crippen molar-refractivity contribution in [1.29, 1.82) is 0 Å². The lowest BCUT2D eigenvalue weighted by Crippen LogP contribution is -2.51. The molecule has 0 aromatic carbocycles. The van der Waals surface area contributed by atoms with Gasteiger partial charge in [-0.15, -0.1) is 11.3 Å². The van der Waals surface area contributed by atoms with Crippen LogP contribution in [0.4, 0.5) is 0 Å². The van der Waals surface area contributed by atoms with Gasteiger partial charge in [-0.3, -0.25) is 0 Å². The lowest BCUT2D eigenvalue weighted by atomic mass is 9.74. The predicted octanol–water partition coefficient (Wildman–Crippen LogP) is 2.45. The third-order valence-corrected chi connectivity index (χ3v) is 4.34. The first kappa shape index (κ1) is 11.1. The normalized spacial score (nSPS) is 18.8. The molecule has 0 bridgehead atoms. The van der Waals surface area contributed by atoms with Crippen LogP contribution in [0.1, 0.15) is 35.4 Å². The maximum Gasteiger partial charge on any atom is 0.0448 e. The minimum Gasteiger partial charge on any atom is -0.396 e. The maximum absolute atomic E-state index is 9.03. The summed E-state index contributed by atoms with van der Waals surface area (Å²) in [5.74, 6) is 0. The van der Waals surface area contributed by atoms with Crippen molar-refractivity contribution in [2.24, 2.45) is 0 Å². The van der Waals surface area contributed by atoms with Crippen LogP contribution in [0.2, 0.25) is 0 Å². The first-order valence-corrected chi connectivity index (χ1v) is 6.47. The molecule has 3 heteroatoms. The number of hydrogen-bond donors (Lipinski definition) is 2. The molecule has 0 atom stereocenters. The molecule has 2 nitrogen and oxygen atoms in total. The Bertz CT molecular complexity index is 317. The van der Waals surface area contributed by atoms with E-state index in [1.807, 2.05) is 11.3 Å². The summed E-state index contributed by atoms with van der Waals surface area (Å²) in [5, 5.41) is 12.6. The predicted molar refractivity (Wildman–Crippen MR) is 64.2 cm³/mol. The standard InChI is InChI=1S/C12H19NOS/c1-10-3-4-11(15-10)9-13-12(7-8-14)5-2-6-12/h3-4,13-14H,2,5-9H2,1H3. The molecule has 84 valence electrons. The molecule has 0 amide bonds. The van der Waals surface area contributed by atoms with Gasteiger partial charge in [-0.05, 0) is 44.7 Å². The summed E-state index contributed by atoms with van der Waals surface area (Å²) in [7, 11) is 0. The molecule has 2 rings (SSSR count). The summed E-state index contributed by atoms with van der Waals surface area (Å²) < 4.78 is 0. The van der Waals surface area contributed by atoms with Crippen molar-refractivity contribution >= 4 is 11.3 Å². The average molecular weight is 225 g/mol. The molecule has 1 aromatic heterocycles. The van der Waals surface area contributed by atoms with Crippen LogP contribution in [0.5, 0.6) is 0 Å². The zero-order chi connectivity index (χ0) is 10.7. The van der Waals surface area contributed by atoms with Gasteiger partial charge in [0, 0.05) is 28.4 Å². The van der Waals surface area contributed by atoms with Crippen LogP contribution in [-0.2, 0) is 6.54 Å². The van der Waals surface area contributed by atoms with E-state index in [1.165, 1.54) is 29.0 Å². The van der Waals surface area contributed by atoms with E-state index in [0.29, 0.717) is 6.61 Å². The second kappa shape index (κ2) is 4.64. The summed E-state index contributed by atoms with van der Waals surface area (Å²) in [6.45, 7) is 3.40. The van der Waals surface area contributed by atoms with Crippen molar-refractivity contribution in [1.82, 2.24) is 5.32 Å². The lowest BCUT2D eigenvalue weighted by molar-refractivity contribution is 0.130. The molecule has 0 radical (unpaired) electrons. The molecule has 1 saturated carbocycles. The van der Waals surface area contributed by atoms with E-state index in [0.717, 1.165) is 13.0 Å². The van der Waals surface area contributed by atoms with Crippen LogP contribution in [0.3, 0.4) is 0 Å². The Morgan fingerprint density at radius 3 is 2.73 bits per heavy atom. The Morgan fingerprint density at radius 2 is 2.27 bits per heavy atom. The second-order valence-corrected chi connectivity index (χ2v) is 5.85. The fraction of sp³-hybridized carbons (Fsp3) is 0.667. The Hall–Kier alpha value is -0.380. The molecule has 1 heterocycles. The van der Waals surface area contributed by atoms with Gasteiger partial charge >= 0.3 is 0 Å². The number of thiophene rings is 1. The minimum absolute atomic E-state index is 0.243. The van der Waals surface area contributed by atoms with Crippen LogP contribution in [0, 0.1) is 6.92 Å². The van der Waals surface area contributed by atoms with E-state index < -0.39 is 0 Å². The fourth-order valence-corrected chi connectivity index (χ4v) is 3.02.